The molecule has 1 aliphatic heterocycles. The summed E-state index contributed by atoms with van der Waals surface area (Å²) in [5.41, 5.74) is 6.62. The zero-order valence-corrected chi connectivity index (χ0v) is 11.4. The Morgan fingerprint density at radius 2 is 1.79 bits per heavy atom. The Bertz CT molecular complexity index is 363. The molecule has 2 aliphatic rings. The van der Waals surface area contributed by atoms with Gasteiger partial charge in [0.15, 0.2) is 0 Å². The Labute approximate surface area is 114 Å². The molecule has 1 heterocycles. The number of rotatable bonds is 2. The third-order valence-electron chi connectivity index (χ3n) is 4.08. The molecular formula is C14H23N3O2. The molecule has 1 saturated carbocycles. The topological polar surface area (TPSA) is 75.4 Å². The summed E-state index contributed by atoms with van der Waals surface area (Å²) in [6, 6.07) is -0.0546. The minimum absolute atomic E-state index is 0.0546. The number of nitrogens with one attached hydrogen (secondary N) is 1. The fourth-order valence-corrected chi connectivity index (χ4v) is 2.77. The summed E-state index contributed by atoms with van der Waals surface area (Å²) in [6.45, 7) is 1.23. The van der Waals surface area contributed by atoms with E-state index >= 15 is 0 Å². The highest BCUT2D eigenvalue weighted by Gasteiger charge is 2.25. The number of allylic oxidation sites excluding steroid dienone is 1. The first-order chi connectivity index (χ1) is 9.16. The van der Waals surface area contributed by atoms with Crippen molar-refractivity contribution < 1.29 is 9.59 Å². The predicted octanol–water partition coefficient (Wildman–Crippen LogP) is 1.74. The van der Waals surface area contributed by atoms with Crippen LogP contribution in [0, 0.1) is 5.92 Å². The van der Waals surface area contributed by atoms with E-state index in [9.17, 15) is 9.59 Å². The zero-order chi connectivity index (χ0) is 13.7. The Morgan fingerprint density at radius 3 is 2.37 bits per heavy atom. The minimum atomic E-state index is -0.246. The molecule has 0 radical (unpaired) electrons. The monoisotopic (exact) mass is 265 g/mol. The van der Waals surface area contributed by atoms with Gasteiger partial charge in [0.05, 0.1) is 0 Å². The van der Waals surface area contributed by atoms with Crippen molar-refractivity contribution >= 4 is 11.9 Å². The van der Waals surface area contributed by atoms with Crippen LogP contribution in [-0.4, -0.2) is 29.9 Å². The maximum Gasteiger partial charge on any atom is 0.321 e. The van der Waals surface area contributed by atoms with E-state index in [1.54, 1.807) is 4.90 Å². The fraction of sp³-hybridized carbons (Fsp3) is 0.714. The molecule has 0 unspecified atom stereocenters. The number of carbonyl (C=O) groups excluding carboxylic acids is 2. The number of amides is 3. The highest BCUT2D eigenvalue weighted by Crippen LogP contribution is 2.22. The van der Waals surface area contributed by atoms with E-state index in [0.29, 0.717) is 25.9 Å². The van der Waals surface area contributed by atoms with E-state index in [1.807, 2.05) is 6.20 Å². The van der Waals surface area contributed by atoms with Crippen LogP contribution in [0.4, 0.5) is 4.79 Å². The van der Waals surface area contributed by atoms with Crippen molar-refractivity contribution in [2.75, 3.05) is 13.1 Å². The smallest absolute Gasteiger partial charge is 0.321 e. The van der Waals surface area contributed by atoms with Crippen molar-refractivity contribution in [1.29, 1.82) is 0 Å². The van der Waals surface area contributed by atoms with Crippen LogP contribution in [0.3, 0.4) is 0 Å². The number of urea groups is 1. The predicted molar refractivity (Wildman–Crippen MR) is 73.2 cm³/mol. The van der Waals surface area contributed by atoms with Crippen molar-refractivity contribution in [2.45, 2.75) is 44.9 Å². The van der Waals surface area contributed by atoms with Gasteiger partial charge in [-0.1, -0.05) is 12.0 Å². The lowest BCUT2D eigenvalue weighted by Crippen LogP contribution is -2.45. The lowest BCUT2D eigenvalue weighted by atomic mass is 9.96. The number of primary amides is 1. The molecule has 0 spiro atoms. The Hall–Kier alpha value is -1.52. The number of hydrogen-bond acceptors (Lipinski definition) is 2. The van der Waals surface area contributed by atoms with Crippen molar-refractivity contribution in [3.63, 3.8) is 0 Å². The molecule has 19 heavy (non-hydrogen) atoms. The molecule has 3 N–H and O–H groups in total. The van der Waals surface area contributed by atoms with Crippen LogP contribution in [-0.2, 0) is 4.79 Å². The summed E-state index contributed by atoms with van der Waals surface area (Å²) in [6.07, 6.45) is 9.19. The largest absolute Gasteiger partial charge is 0.369 e. The van der Waals surface area contributed by atoms with E-state index in [2.05, 4.69) is 5.32 Å². The van der Waals surface area contributed by atoms with Crippen LogP contribution in [0.1, 0.15) is 44.9 Å². The van der Waals surface area contributed by atoms with Crippen molar-refractivity contribution in [2.24, 2.45) is 11.7 Å². The van der Waals surface area contributed by atoms with E-state index in [0.717, 1.165) is 12.8 Å². The van der Waals surface area contributed by atoms with Gasteiger partial charge in [-0.3, -0.25) is 4.79 Å². The van der Waals surface area contributed by atoms with Crippen LogP contribution in [0.15, 0.2) is 11.8 Å². The molecule has 2 rings (SSSR count). The molecule has 0 aromatic heterocycles. The summed E-state index contributed by atoms with van der Waals surface area (Å²) in [5.74, 6) is -0.315. The van der Waals surface area contributed by atoms with Crippen molar-refractivity contribution in [3.8, 4) is 0 Å². The van der Waals surface area contributed by atoms with Crippen molar-refractivity contribution in [1.82, 2.24) is 10.2 Å². The van der Waals surface area contributed by atoms with Crippen LogP contribution < -0.4 is 11.1 Å². The summed E-state index contributed by atoms with van der Waals surface area (Å²) in [4.78, 5) is 24.8. The number of hydrogen-bond donors (Lipinski definition) is 2. The highest BCUT2D eigenvalue weighted by molar-refractivity contribution is 5.78. The Morgan fingerprint density at radius 1 is 1.16 bits per heavy atom. The number of nitrogens with zero attached hydrogens (tertiary/aromatic N) is 1. The van der Waals surface area contributed by atoms with Gasteiger partial charge in [-0.2, -0.15) is 0 Å². The third kappa shape index (κ3) is 3.98. The molecule has 1 saturated heterocycles. The number of nitrogens with two attached hydrogens (primary N) is 1. The molecule has 3 amide bonds. The third-order valence-corrected chi connectivity index (χ3v) is 4.08. The molecular weight excluding hydrogens is 242 g/mol. The molecule has 2 fully saturated rings. The molecule has 0 aromatic carbocycles. The van der Waals surface area contributed by atoms with E-state index in [4.69, 9.17) is 5.73 Å². The standard InChI is InChI=1S/C14H23N3O2/c15-13(18)12-6-8-17(9-7-12)14(19)16-10-11-4-2-1-3-5-11/h10,12H,1-9H2,(H2,15,18)(H,16,19). The molecule has 1 aliphatic carbocycles. The van der Waals surface area contributed by atoms with Gasteiger partial charge < -0.3 is 16.0 Å². The van der Waals surface area contributed by atoms with Gasteiger partial charge in [0.2, 0.25) is 5.91 Å². The van der Waals surface area contributed by atoms with Crippen LogP contribution in [0.5, 0.6) is 0 Å². The van der Waals surface area contributed by atoms with E-state index in [1.165, 1.54) is 24.8 Å². The van der Waals surface area contributed by atoms with Crippen LogP contribution >= 0.6 is 0 Å². The molecule has 0 atom stereocenters. The SMILES string of the molecule is NC(=O)C1CCN(C(=O)NC=C2CCCCC2)CC1. The van der Waals surface area contributed by atoms with Gasteiger partial charge in [-0.05, 0) is 38.5 Å². The lowest BCUT2D eigenvalue weighted by Gasteiger charge is -2.30. The van der Waals surface area contributed by atoms with Gasteiger partial charge in [-0.15, -0.1) is 0 Å². The highest BCUT2D eigenvalue weighted by atomic mass is 16.2. The summed E-state index contributed by atoms with van der Waals surface area (Å²) in [7, 11) is 0. The number of carbonyl (C=O) groups is 2. The Kier molecular flexibility index (Phi) is 4.82. The van der Waals surface area contributed by atoms with Gasteiger partial charge in [0.1, 0.15) is 0 Å². The lowest BCUT2D eigenvalue weighted by molar-refractivity contribution is -0.122. The Balaban J connectivity index is 1.76. The number of piperidine rings is 1. The normalized spacial score (nSPS) is 21.1. The summed E-state index contributed by atoms with van der Waals surface area (Å²) < 4.78 is 0. The molecule has 0 bridgehead atoms. The summed E-state index contributed by atoms with van der Waals surface area (Å²) >= 11 is 0. The first-order valence-electron chi connectivity index (χ1n) is 7.19. The van der Waals surface area contributed by atoms with Crippen molar-refractivity contribution in [3.05, 3.63) is 11.8 Å². The maximum atomic E-state index is 12.0. The quantitative estimate of drug-likeness (QED) is 0.798. The second-order valence-electron chi connectivity index (χ2n) is 5.48. The molecule has 5 nitrogen and oxygen atoms in total. The first-order valence-corrected chi connectivity index (χ1v) is 7.19. The van der Waals surface area contributed by atoms with Gasteiger partial charge in [0, 0.05) is 25.2 Å². The van der Waals surface area contributed by atoms with Crippen LogP contribution in [0.25, 0.3) is 0 Å². The second-order valence-corrected chi connectivity index (χ2v) is 5.48. The molecule has 0 aromatic rings. The van der Waals surface area contributed by atoms with Gasteiger partial charge in [-0.25, -0.2) is 4.79 Å². The van der Waals surface area contributed by atoms with E-state index < -0.39 is 0 Å². The summed E-state index contributed by atoms with van der Waals surface area (Å²) in [5, 5.41) is 2.87. The second kappa shape index (κ2) is 6.59. The zero-order valence-electron chi connectivity index (χ0n) is 11.4. The molecule has 5 heteroatoms. The van der Waals surface area contributed by atoms with Gasteiger partial charge in [0.25, 0.3) is 0 Å². The molecule has 106 valence electrons. The number of likely N-dealkylation sites (tertiary alicyclic amines) is 1. The van der Waals surface area contributed by atoms with Crippen LogP contribution in [0.2, 0.25) is 0 Å². The minimum Gasteiger partial charge on any atom is -0.369 e. The average Bonchev–Trinajstić information content (AvgIpc) is 2.46. The first kappa shape index (κ1) is 13.9. The van der Waals surface area contributed by atoms with E-state index in [-0.39, 0.29) is 17.9 Å². The fourth-order valence-electron chi connectivity index (χ4n) is 2.77. The van der Waals surface area contributed by atoms with Gasteiger partial charge >= 0.3 is 6.03 Å². The maximum absolute atomic E-state index is 12.0. The average molecular weight is 265 g/mol.